The molecule has 0 unspecified atom stereocenters. The van der Waals surface area contributed by atoms with Gasteiger partial charge in [-0.05, 0) is 23.4 Å². The largest absolute Gasteiger partial charge is 0.456 e. The number of nitrogens with one attached hydrogen (secondary N) is 1. The highest BCUT2D eigenvalue weighted by atomic mass is 32.2. The summed E-state index contributed by atoms with van der Waals surface area (Å²) in [5, 5.41) is 2.69. The summed E-state index contributed by atoms with van der Waals surface area (Å²) in [6.45, 7) is 0. The number of fused-ring (bicyclic) bond motifs is 1. The molecule has 0 saturated carbocycles. The van der Waals surface area contributed by atoms with E-state index in [1.54, 1.807) is 24.5 Å². The van der Waals surface area contributed by atoms with Crippen LogP contribution in [-0.2, 0) is 4.79 Å². The van der Waals surface area contributed by atoms with Crippen LogP contribution in [0.15, 0.2) is 58.1 Å². The summed E-state index contributed by atoms with van der Waals surface area (Å²) in [6.07, 6.45) is 5.03. The average molecular weight is 322 g/mol. The first-order chi connectivity index (χ1) is 11.2. The number of imide groups is 1. The first-order valence-corrected chi connectivity index (χ1v) is 7.70. The summed E-state index contributed by atoms with van der Waals surface area (Å²) in [5.41, 5.74) is 2.59. The third kappa shape index (κ3) is 2.53. The molecule has 1 saturated heterocycles. The molecule has 0 radical (unpaired) electrons. The third-order valence-electron chi connectivity index (χ3n) is 3.44. The Hall–Kier alpha value is -2.86. The number of furan rings is 1. The monoisotopic (exact) mass is 322 g/mol. The number of thioether (sulfide) groups is 1. The van der Waals surface area contributed by atoms with Gasteiger partial charge < -0.3 is 4.42 Å². The summed E-state index contributed by atoms with van der Waals surface area (Å²) < 4.78 is 5.88. The number of carbonyl (C=O) groups is 2. The van der Waals surface area contributed by atoms with Crippen molar-refractivity contribution in [1.29, 1.82) is 0 Å². The van der Waals surface area contributed by atoms with Crippen molar-refractivity contribution in [2.24, 2.45) is 0 Å². The van der Waals surface area contributed by atoms with E-state index < -0.39 is 5.91 Å². The van der Waals surface area contributed by atoms with Crippen LogP contribution in [0.2, 0.25) is 0 Å². The van der Waals surface area contributed by atoms with E-state index in [4.69, 9.17) is 4.42 Å². The van der Waals surface area contributed by atoms with Gasteiger partial charge in [-0.15, -0.1) is 0 Å². The molecule has 1 fully saturated rings. The maximum atomic E-state index is 11.6. The number of benzene rings is 1. The molecule has 5 nitrogen and oxygen atoms in total. The predicted octanol–water partition coefficient (Wildman–Crippen LogP) is 3.82. The first kappa shape index (κ1) is 13.8. The van der Waals surface area contributed by atoms with Gasteiger partial charge in [-0.25, -0.2) is 0 Å². The van der Waals surface area contributed by atoms with E-state index in [9.17, 15) is 9.59 Å². The first-order valence-electron chi connectivity index (χ1n) is 6.88. The van der Waals surface area contributed by atoms with Gasteiger partial charge in [0, 0.05) is 29.4 Å². The molecule has 112 valence electrons. The van der Waals surface area contributed by atoms with Crippen LogP contribution < -0.4 is 5.32 Å². The Morgan fingerprint density at radius 2 is 1.96 bits per heavy atom. The van der Waals surface area contributed by atoms with Gasteiger partial charge >= 0.3 is 0 Å². The van der Waals surface area contributed by atoms with E-state index in [0.29, 0.717) is 16.2 Å². The van der Waals surface area contributed by atoms with Crippen molar-refractivity contribution in [3.8, 4) is 11.1 Å². The van der Waals surface area contributed by atoms with E-state index >= 15 is 0 Å². The molecule has 2 aromatic heterocycles. The molecule has 6 heteroatoms. The highest BCUT2D eigenvalue weighted by molar-refractivity contribution is 8.18. The highest BCUT2D eigenvalue weighted by Crippen LogP contribution is 2.32. The number of hydrogen-bond donors (Lipinski definition) is 1. The van der Waals surface area contributed by atoms with E-state index in [1.807, 2.05) is 30.3 Å². The average Bonchev–Trinajstić information content (AvgIpc) is 3.10. The lowest BCUT2D eigenvalue weighted by Crippen LogP contribution is -2.17. The van der Waals surface area contributed by atoms with E-state index in [2.05, 4.69) is 10.3 Å². The number of hydrogen-bond acceptors (Lipinski definition) is 5. The van der Waals surface area contributed by atoms with Crippen molar-refractivity contribution in [3.05, 3.63) is 59.5 Å². The zero-order chi connectivity index (χ0) is 15.8. The van der Waals surface area contributed by atoms with Gasteiger partial charge in [0.05, 0.1) is 4.91 Å². The predicted molar refractivity (Wildman–Crippen MR) is 88.6 cm³/mol. The Morgan fingerprint density at radius 1 is 1.13 bits per heavy atom. The second-order valence-electron chi connectivity index (χ2n) is 4.97. The fraction of sp³-hybridized carbons (Fsp3) is 0. The Labute approximate surface area is 135 Å². The van der Waals surface area contributed by atoms with Gasteiger partial charge in [0.2, 0.25) is 0 Å². The molecule has 0 atom stereocenters. The van der Waals surface area contributed by atoms with Gasteiger partial charge in [-0.2, -0.15) is 0 Å². The Kier molecular flexibility index (Phi) is 3.24. The molecule has 0 bridgehead atoms. The zero-order valence-electron chi connectivity index (χ0n) is 11.8. The van der Waals surface area contributed by atoms with Crippen LogP contribution in [0.25, 0.3) is 28.2 Å². The highest BCUT2D eigenvalue weighted by Gasteiger charge is 2.25. The topological polar surface area (TPSA) is 72.2 Å². The number of rotatable bonds is 2. The molecule has 1 aromatic carbocycles. The van der Waals surface area contributed by atoms with Gasteiger partial charge in [0.1, 0.15) is 11.3 Å². The molecule has 4 rings (SSSR count). The molecular formula is C17H10N2O3S. The quantitative estimate of drug-likeness (QED) is 0.726. The summed E-state index contributed by atoms with van der Waals surface area (Å²) in [4.78, 5) is 27.4. The van der Waals surface area contributed by atoms with Crippen LogP contribution in [0, 0.1) is 0 Å². The van der Waals surface area contributed by atoms with Crippen LogP contribution >= 0.6 is 11.8 Å². The lowest BCUT2D eigenvalue weighted by molar-refractivity contribution is -0.115. The molecule has 3 heterocycles. The summed E-state index contributed by atoms with van der Waals surface area (Å²) >= 11 is 0.865. The Bertz CT molecular complexity index is 960. The van der Waals surface area contributed by atoms with Crippen LogP contribution in [0.1, 0.15) is 5.76 Å². The zero-order valence-corrected chi connectivity index (χ0v) is 12.6. The lowest BCUT2D eigenvalue weighted by atomic mass is 10.1. The number of nitrogens with zero attached hydrogens (tertiary/aromatic N) is 1. The lowest BCUT2D eigenvalue weighted by Gasteiger charge is -2.01. The third-order valence-corrected chi connectivity index (χ3v) is 4.25. The minimum Gasteiger partial charge on any atom is -0.456 e. The van der Waals surface area contributed by atoms with Crippen LogP contribution in [0.3, 0.4) is 0 Å². The van der Waals surface area contributed by atoms with E-state index in [1.165, 1.54) is 0 Å². The molecule has 1 aliphatic rings. The van der Waals surface area contributed by atoms with Crippen LogP contribution in [0.5, 0.6) is 0 Å². The fourth-order valence-electron chi connectivity index (χ4n) is 2.43. The molecular weight excluding hydrogens is 312 g/mol. The summed E-state index contributed by atoms with van der Waals surface area (Å²) in [7, 11) is 0. The van der Waals surface area contributed by atoms with Crippen molar-refractivity contribution >= 4 is 40.0 Å². The molecule has 23 heavy (non-hydrogen) atoms. The second kappa shape index (κ2) is 5.40. The molecule has 1 aliphatic heterocycles. The standard InChI is InChI=1S/C17H10N2O3S/c20-16-14(23-17(21)19-16)7-12-6-11-8-18-9-13(15(11)22-12)10-4-2-1-3-5-10/h1-9H,(H,19,20,21)/b14-7-. The maximum absolute atomic E-state index is 11.6. The molecule has 1 N–H and O–H groups in total. The normalized spacial score (nSPS) is 16.3. The van der Waals surface area contributed by atoms with Gasteiger partial charge in [0.25, 0.3) is 11.1 Å². The van der Waals surface area contributed by atoms with Gasteiger partial charge in [-0.1, -0.05) is 30.3 Å². The summed E-state index contributed by atoms with van der Waals surface area (Å²) in [5.74, 6) is 0.111. The van der Waals surface area contributed by atoms with Crippen molar-refractivity contribution in [2.75, 3.05) is 0 Å². The molecule has 0 spiro atoms. The second-order valence-corrected chi connectivity index (χ2v) is 5.99. The minimum atomic E-state index is -0.401. The SMILES string of the molecule is O=C1NC(=O)/C(=C/c2cc3cncc(-c4ccccc4)c3o2)S1. The number of carbonyl (C=O) groups excluding carboxylic acids is 2. The number of amides is 2. The van der Waals surface area contributed by atoms with Crippen LogP contribution in [0.4, 0.5) is 4.79 Å². The smallest absolute Gasteiger partial charge is 0.290 e. The van der Waals surface area contributed by atoms with E-state index in [-0.39, 0.29) is 5.24 Å². The molecule has 2 amide bonds. The Balaban J connectivity index is 1.82. The van der Waals surface area contributed by atoms with E-state index in [0.717, 1.165) is 28.3 Å². The van der Waals surface area contributed by atoms with Gasteiger partial charge in [0.15, 0.2) is 0 Å². The summed E-state index contributed by atoms with van der Waals surface area (Å²) in [6, 6.07) is 11.6. The van der Waals surface area contributed by atoms with Crippen molar-refractivity contribution < 1.29 is 14.0 Å². The minimum absolute atomic E-state index is 0.322. The molecule has 0 aliphatic carbocycles. The maximum Gasteiger partial charge on any atom is 0.290 e. The van der Waals surface area contributed by atoms with Crippen molar-refractivity contribution in [2.45, 2.75) is 0 Å². The van der Waals surface area contributed by atoms with Gasteiger partial charge in [-0.3, -0.25) is 19.9 Å². The van der Waals surface area contributed by atoms with Crippen LogP contribution in [-0.4, -0.2) is 16.1 Å². The van der Waals surface area contributed by atoms with Crippen molar-refractivity contribution in [1.82, 2.24) is 10.3 Å². The molecule has 3 aromatic rings. The Morgan fingerprint density at radius 3 is 2.70 bits per heavy atom. The number of aromatic nitrogens is 1. The number of pyridine rings is 1. The fourth-order valence-corrected chi connectivity index (χ4v) is 3.09. The van der Waals surface area contributed by atoms with Crippen molar-refractivity contribution in [3.63, 3.8) is 0 Å².